The Labute approximate surface area is 226 Å². The normalized spacial score (nSPS) is 22.2. The van der Waals surface area contributed by atoms with Crippen LogP contribution in [0.3, 0.4) is 0 Å². The highest BCUT2D eigenvalue weighted by Crippen LogP contribution is 2.51. The third kappa shape index (κ3) is 5.24. The second-order valence-electron chi connectivity index (χ2n) is 10.4. The number of hydrogen-bond acceptors (Lipinski definition) is 7. The molecule has 3 aliphatic rings. The number of amides is 1. The fraction of sp³-hybridized carbons (Fsp3) is 0.556. The van der Waals surface area contributed by atoms with Crippen LogP contribution in [0.5, 0.6) is 11.5 Å². The number of halogens is 1. The van der Waals surface area contributed by atoms with Crippen LogP contribution in [-0.4, -0.2) is 60.7 Å². The molecule has 2 N–H and O–H groups in total. The molecule has 5 rings (SSSR count). The number of ether oxygens (including phenoxy) is 3. The van der Waals surface area contributed by atoms with E-state index in [9.17, 15) is 9.59 Å². The molecular weight excluding hydrogens is 514 g/mol. The van der Waals surface area contributed by atoms with Gasteiger partial charge in [-0.25, -0.2) is 0 Å². The molecule has 2 saturated heterocycles. The lowest BCUT2D eigenvalue weighted by atomic mass is 9.88. The minimum atomic E-state index is -0.833. The standard InChI is InChI=1S/C27H34ClN3O5S/c1-15-9-22(37-4)20(26(33)30-15)11-29-25(32)19-10-21(28)24-23(16(19)2)35-27(3,36-24)18-5-7-31(8-6-18)12-17-13-34-14-17/h9-10,17-18H,5-8,11-14H2,1-4H3,(H,29,32)(H,30,33). The van der Waals surface area contributed by atoms with Crippen LogP contribution in [0.2, 0.25) is 5.02 Å². The Morgan fingerprint density at radius 1 is 1.22 bits per heavy atom. The largest absolute Gasteiger partial charge is 0.448 e. The van der Waals surface area contributed by atoms with E-state index in [-0.39, 0.29) is 23.9 Å². The molecule has 2 aromatic rings. The van der Waals surface area contributed by atoms with E-state index < -0.39 is 5.79 Å². The number of nitrogens with one attached hydrogen (secondary N) is 2. The molecule has 1 aromatic heterocycles. The van der Waals surface area contributed by atoms with Gasteiger partial charge in [-0.05, 0) is 58.2 Å². The smallest absolute Gasteiger partial charge is 0.254 e. The number of carbonyl (C=O) groups is 1. The summed E-state index contributed by atoms with van der Waals surface area (Å²) in [6.45, 7) is 10.6. The van der Waals surface area contributed by atoms with Gasteiger partial charge in [-0.15, -0.1) is 11.8 Å². The fourth-order valence-electron chi connectivity index (χ4n) is 5.44. The molecule has 2 fully saturated rings. The number of H-pyrrole nitrogens is 1. The molecule has 0 saturated carbocycles. The zero-order chi connectivity index (χ0) is 26.3. The van der Waals surface area contributed by atoms with Crippen molar-refractivity contribution in [3.05, 3.63) is 49.9 Å². The maximum absolute atomic E-state index is 13.2. The first-order chi connectivity index (χ1) is 17.7. The summed E-state index contributed by atoms with van der Waals surface area (Å²) in [5.74, 6) is 0.719. The second-order valence-corrected chi connectivity index (χ2v) is 11.7. The highest BCUT2D eigenvalue weighted by Gasteiger charge is 2.47. The topological polar surface area (TPSA) is 92.9 Å². The average Bonchev–Trinajstić information content (AvgIpc) is 3.22. The molecule has 0 spiro atoms. The van der Waals surface area contributed by atoms with Crippen molar-refractivity contribution in [2.24, 2.45) is 11.8 Å². The van der Waals surface area contributed by atoms with Gasteiger partial charge in [-0.3, -0.25) is 9.59 Å². The van der Waals surface area contributed by atoms with Gasteiger partial charge in [0.15, 0.2) is 11.5 Å². The van der Waals surface area contributed by atoms with Crippen LogP contribution in [0.4, 0.5) is 0 Å². The highest BCUT2D eigenvalue weighted by atomic mass is 35.5. The van der Waals surface area contributed by atoms with Crippen molar-refractivity contribution in [1.82, 2.24) is 15.2 Å². The maximum Gasteiger partial charge on any atom is 0.254 e. The van der Waals surface area contributed by atoms with E-state index in [0.29, 0.717) is 39.1 Å². The van der Waals surface area contributed by atoms with Gasteiger partial charge in [0.05, 0.1) is 18.2 Å². The van der Waals surface area contributed by atoms with Gasteiger partial charge in [-0.2, -0.15) is 0 Å². The van der Waals surface area contributed by atoms with Crippen molar-refractivity contribution in [2.45, 2.75) is 50.8 Å². The monoisotopic (exact) mass is 547 g/mol. The minimum Gasteiger partial charge on any atom is -0.448 e. The lowest BCUT2D eigenvalue weighted by Crippen LogP contribution is -2.50. The molecule has 1 atom stereocenters. The molecule has 1 unspecified atom stereocenters. The van der Waals surface area contributed by atoms with Gasteiger partial charge < -0.3 is 29.4 Å². The lowest BCUT2D eigenvalue weighted by Gasteiger charge is -2.40. The number of piperidine rings is 1. The Balaban J connectivity index is 1.28. The molecule has 3 aliphatic heterocycles. The quantitative estimate of drug-likeness (QED) is 0.503. The average molecular weight is 548 g/mol. The number of nitrogens with zero attached hydrogens (tertiary/aromatic N) is 1. The number of pyridine rings is 1. The van der Waals surface area contributed by atoms with E-state index in [1.165, 1.54) is 11.8 Å². The number of fused-ring (bicyclic) bond motifs is 1. The molecule has 200 valence electrons. The number of rotatable bonds is 7. The summed E-state index contributed by atoms with van der Waals surface area (Å²) < 4.78 is 18.1. The Hall–Kier alpha value is -2.20. The Bertz CT molecular complexity index is 1260. The van der Waals surface area contributed by atoms with Crippen LogP contribution in [-0.2, 0) is 11.3 Å². The SMILES string of the molecule is CSc1cc(C)[nH]c(=O)c1CNC(=O)c1cc(Cl)c2c(c1C)OC(C)(C1CCN(CC3COC3)CC1)O2. The van der Waals surface area contributed by atoms with Crippen molar-refractivity contribution < 1.29 is 19.0 Å². The van der Waals surface area contributed by atoms with Crippen LogP contribution >= 0.6 is 23.4 Å². The number of thioether (sulfide) groups is 1. The predicted molar refractivity (Wildman–Crippen MR) is 144 cm³/mol. The first-order valence-corrected chi connectivity index (χ1v) is 14.3. The summed E-state index contributed by atoms with van der Waals surface area (Å²) in [5, 5.41) is 3.22. The summed E-state index contributed by atoms with van der Waals surface area (Å²) >= 11 is 8.08. The summed E-state index contributed by atoms with van der Waals surface area (Å²) in [6.07, 6.45) is 3.83. The van der Waals surface area contributed by atoms with E-state index in [4.69, 9.17) is 25.8 Å². The predicted octanol–water partition coefficient (Wildman–Crippen LogP) is 4.14. The van der Waals surface area contributed by atoms with Gasteiger partial charge in [0.1, 0.15) is 0 Å². The van der Waals surface area contributed by atoms with Gasteiger partial charge in [0, 0.05) is 59.1 Å². The molecule has 1 amide bonds. The second kappa shape index (κ2) is 10.5. The molecule has 37 heavy (non-hydrogen) atoms. The molecule has 0 aliphatic carbocycles. The van der Waals surface area contributed by atoms with Gasteiger partial charge in [0.25, 0.3) is 17.3 Å². The van der Waals surface area contributed by atoms with E-state index in [1.54, 1.807) is 6.07 Å². The molecule has 1 aromatic carbocycles. The number of aryl methyl sites for hydroxylation is 1. The Morgan fingerprint density at radius 2 is 1.92 bits per heavy atom. The fourth-order valence-corrected chi connectivity index (χ4v) is 6.38. The lowest BCUT2D eigenvalue weighted by molar-refractivity contribution is -0.128. The maximum atomic E-state index is 13.2. The van der Waals surface area contributed by atoms with Crippen molar-refractivity contribution in [1.29, 1.82) is 0 Å². The van der Waals surface area contributed by atoms with Crippen LogP contribution in [0.1, 0.15) is 46.9 Å². The summed E-state index contributed by atoms with van der Waals surface area (Å²) in [7, 11) is 0. The van der Waals surface area contributed by atoms with Gasteiger partial charge in [-0.1, -0.05) is 11.6 Å². The van der Waals surface area contributed by atoms with Crippen LogP contribution < -0.4 is 20.3 Å². The molecular formula is C27H34ClN3O5S. The van der Waals surface area contributed by atoms with Crippen molar-refractivity contribution in [3.8, 4) is 11.5 Å². The minimum absolute atomic E-state index is 0.111. The zero-order valence-corrected chi connectivity index (χ0v) is 23.3. The number of benzene rings is 1. The zero-order valence-electron chi connectivity index (χ0n) is 21.7. The van der Waals surface area contributed by atoms with Crippen LogP contribution in [0.15, 0.2) is 21.8 Å². The summed E-state index contributed by atoms with van der Waals surface area (Å²) in [5.41, 5.74) is 2.19. The third-order valence-corrected chi connectivity index (χ3v) is 8.81. The third-order valence-electron chi connectivity index (χ3n) is 7.72. The first kappa shape index (κ1) is 26.4. The summed E-state index contributed by atoms with van der Waals surface area (Å²) in [6, 6.07) is 3.53. The van der Waals surface area contributed by atoms with Crippen molar-refractivity contribution in [2.75, 3.05) is 39.1 Å². The molecule has 8 nitrogen and oxygen atoms in total. The number of aromatic amines is 1. The molecule has 0 radical (unpaired) electrons. The van der Waals surface area contributed by atoms with Gasteiger partial charge in [0.2, 0.25) is 0 Å². The number of hydrogen-bond donors (Lipinski definition) is 2. The van der Waals surface area contributed by atoms with Crippen LogP contribution in [0.25, 0.3) is 0 Å². The summed E-state index contributed by atoms with van der Waals surface area (Å²) in [4.78, 5) is 31.8. The molecule has 4 heterocycles. The number of aromatic nitrogens is 1. The number of carbonyl (C=O) groups excluding carboxylic acids is 1. The van der Waals surface area contributed by atoms with E-state index in [1.807, 2.05) is 33.1 Å². The van der Waals surface area contributed by atoms with Crippen LogP contribution in [0, 0.1) is 25.7 Å². The Kier molecular flexibility index (Phi) is 7.51. The van der Waals surface area contributed by atoms with E-state index >= 15 is 0 Å². The highest BCUT2D eigenvalue weighted by molar-refractivity contribution is 7.98. The molecule has 10 heteroatoms. The van der Waals surface area contributed by atoms with E-state index in [0.717, 1.165) is 56.3 Å². The first-order valence-electron chi connectivity index (χ1n) is 12.7. The van der Waals surface area contributed by atoms with E-state index in [2.05, 4.69) is 15.2 Å². The number of likely N-dealkylation sites (tertiary alicyclic amines) is 1. The molecule has 0 bridgehead atoms. The van der Waals surface area contributed by atoms with Gasteiger partial charge >= 0.3 is 0 Å². The Morgan fingerprint density at radius 3 is 2.57 bits per heavy atom. The van der Waals surface area contributed by atoms with Crippen molar-refractivity contribution >= 4 is 29.3 Å². The van der Waals surface area contributed by atoms with Crippen molar-refractivity contribution in [3.63, 3.8) is 0 Å².